The molecular formula is C14H24N2OS. The molecule has 1 aromatic heterocycles. The first-order valence-electron chi connectivity index (χ1n) is 6.95. The van der Waals surface area contributed by atoms with Gasteiger partial charge in [0.2, 0.25) is 0 Å². The van der Waals surface area contributed by atoms with Gasteiger partial charge < -0.3 is 10.1 Å². The van der Waals surface area contributed by atoms with E-state index in [1.807, 2.05) is 0 Å². The molecule has 0 saturated carbocycles. The molecule has 1 fully saturated rings. The quantitative estimate of drug-likeness (QED) is 0.889. The second-order valence-electron chi connectivity index (χ2n) is 5.14. The lowest BCUT2D eigenvalue weighted by Crippen LogP contribution is -2.26. The summed E-state index contributed by atoms with van der Waals surface area (Å²) in [5.74, 6) is 0. The van der Waals surface area contributed by atoms with Crippen LogP contribution in [-0.4, -0.2) is 24.2 Å². The van der Waals surface area contributed by atoms with Crippen molar-refractivity contribution in [3.05, 3.63) is 15.6 Å². The largest absolute Gasteiger partial charge is 0.378 e. The fourth-order valence-corrected chi connectivity index (χ4v) is 3.49. The van der Waals surface area contributed by atoms with Crippen LogP contribution in [0, 0.1) is 13.8 Å². The van der Waals surface area contributed by atoms with Crippen molar-refractivity contribution in [2.45, 2.75) is 58.6 Å². The van der Waals surface area contributed by atoms with Gasteiger partial charge >= 0.3 is 0 Å². The van der Waals surface area contributed by atoms with Crippen molar-refractivity contribution in [2.75, 3.05) is 13.2 Å². The van der Waals surface area contributed by atoms with Crippen LogP contribution < -0.4 is 5.32 Å². The summed E-state index contributed by atoms with van der Waals surface area (Å²) >= 11 is 1.80. The Labute approximate surface area is 114 Å². The molecule has 1 N–H and O–H groups in total. The third-order valence-electron chi connectivity index (χ3n) is 3.52. The molecule has 2 unspecified atom stereocenters. The van der Waals surface area contributed by atoms with Gasteiger partial charge in [-0.1, -0.05) is 0 Å². The zero-order valence-corrected chi connectivity index (χ0v) is 12.5. The van der Waals surface area contributed by atoms with Crippen LogP contribution in [0.25, 0.3) is 0 Å². The second kappa shape index (κ2) is 6.64. The summed E-state index contributed by atoms with van der Waals surface area (Å²) in [6, 6.07) is 0.403. The zero-order chi connectivity index (χ0) is 13.0. The monoisotopic (exact) mass is 268 g/mol. The number of thiazole rings is 1. The lowest BCUT2D eigenvalue weighted by atomic mass is 10.1. The smallest absolute Gasteiger partial charge is 0.0900 e. The van der Waals surface area contributed by atoms with Gasteiger partial charge in [-0.05, 0) is 53.0 Å². The molecule has 0 amide bonds. The minimum absolute atomic E-state index is 0.403. The van der Waals surface area contributed by atoms with E-state index in [2.05, 4.69) is 31.1 Å². The van der Waals surface area contributed by atoms with E-state index < -0.39 is 0 Å². The molecular weight excluding hydrogens is 244 g/mol. The van der Waals surface area contributed by atoms with Crippen LogP contribution in [-0.2, 0) is 4.74 Å². The Morgan fingerprint density at radius 3 is 2.89 bits per heavy atom. The van der Waals surface area contributed by atoms with E-state index in [-0.39, 0.29) is 0 Å². The van der Waals surface area contributed by atoms with E-state index in [0.717, 1.165) is 24.6 Å². The molecule has 0 aromatic carbocycles. The van der Waals surface area contributed by atoms with Gasteiger partial charge in [-0.3, -0.25) is 0 Å². The van der Waals surface area contributed by atoms with Gasteiger partial charge in [0.05, 0.1) is 16.8 Å². The Bertz CT molecular complexity index is 372. The van der Waals surface area contributed by atoms with Crippen molar-refractivity contribution >= 4 is 11.3 Å². The summed E-state index contributed by atoms with van der Waals surface area (Å²) in [6.07, 6.45) is 5.39. The molecule has 3 nitrogen and oxygen atoms in total. The molecule has 1 aliphatic heterocycles. The van der Waals surface area contributed by atoms with Crippen molar-refractivity contribution in [2.24, 2.45) is 0 Å². The molecule has 0 spiro atoms. The average Bonchev–Trinajstić information content (AvgIpc) is 2.70. The van der Waals surface area contributed by atoms with Crippen LogP contribution in [0.15, 0.2) is 0 Å². The fourth-order valence-electron chi connectivity index (χ4n) is 2.54. The molecule has 0 aliphatic carbocycles. The molecule has 1 saturated heterocycles. The van der Waals surface area contributed by atoms with E-state index in [4.69, 9.17) is 4.74 Å². The summed E-state index contributed by atoms with van der Waals surface area (Å²) in [5.41, 5.74) is 1.17. The summed E-state index contributed by atoms with van der Waals surface area (Å²) in [5, 5.41) is 4.75. The Hall–Kier alpha value is -0.450. The Balaban J connectivity index is 1.74. The Morgan fingerprint density at radius 1 is 1.44 bits per heavy atom. The van der Waals surface area contributed by atoms with Crippen molar-refractivity contribution in [1.82, 2.24) is 10.3 Å². The summed E-state index contributed by atoms with van der Waals surface area (Å²) in [7, 11) is 0. The second-order valence-corrected chi connectivity index (χ2v) is 6.37. The van der Waals surface area contributed by atoms with E-state index >= 15 is 0 Å². The van der Waals surface area contributed by atoms with Crippen LogP contribution in [0.2, 0.25) is 0 Å². The number of nitrogens with zero attached hydrogens (tertiary/aromatic N) is 1. The van der Waals surface area contributed by atoms with Gasteiger partial charge in [0.25, 0.3) is 0 Å². The Kier molecular flexibility index (Phi) is 5.15. The van der Waals surface area contributed by atoms with Crippen molar-refractivity contribution in [3.8, 4) is 0 Å². The highest BCUT2D eigenvalue weighted by molar-refractivity contribution is 7.11. The van der Waals surface area contributed by atoms with Crippen LogP contribution in [0.1, 0.15) is 54.2 Å². The fraction of sp³-hybridized carbons (Fsp3) is 0.786. The number of aromatic nitrogens is 1. The highest BCUT2D eigenvalue weighted by atomic mass is 32.1. The van der Waals surface area contributed by atoms with Crippen LogP contribution in [0.3, 0.4) is 0 Å². The van der Waals surface area contributed by atoms with Crippen molar-refractivity contribution < 1.29 is 4.74 Å². The number of ether oxygens (including phenoxy) is 1. The molecule has 0 radical (unpaired) electrons. The first-order chi connectivity index (χ1) is 8.66. The number of rotatable bonds is 5. The average molecular weight is 268 g/mol. The van der Waals surface area contributed by atoms with E-state index in [0.29, 0.717) is 12.1 Å². The van der Waals surface area contributed by atoms with Gasteiger partial charge in [0.15, 0.2) is 0 Å². The van der Waals surface area contributed by atoms with Crippen molar-refractivity contribution in [1.29, 1.82) is 0 Å². The number of nitrogens with one attached hydrogen (secondary N) is 1. The van der Waals surface area contributed by atoms with Gasteiger partial charge in [0, 0.05) is 17.5 Å². The highest BCUT2D eigenvalue weighted by Crippen LogP contribution is 2.24. The lowest BCUT2D eigenvalue weighted by molar-refractivity contribution is 0.0113. The number of hydrogen-bond acceptors (Lipinski definition) is 4. The van der Waals surface area contributed by atoms with Gasteiger partial charge in [-0.15, -0.1) is 11.3 Å². The molecule has 18 heavy (non-hydrogen) atoms. The van der Waals surface area contributed by atoms with Crippen molar-refractivity contribution in [3.63, 3.8) is 0 Å². The maximum absolute atomic E-state index is 5.74. The van der Waals surface area contributed by atoms with Gasteiger partial charge in [-0.25, -0.2) is 4.98 Å². The molecule has 4 heteroatoms. The van der Waals surface area contributed by atoms with Gasteiger partial charge in [-0.2, -0.15) is 0 Å². The molecule has 2 rings (SSSR count). The normalized spacial score (nSPS) is 22.1. The maximum atomic E-state index is 5.74. The predicted molar refractivity (Wildman–Crippen MR) is 76.2 cm³/mol. The molecule has 1 aliphatic rings. The third-order valence-corrected chi connectivity index (χ3v) is 4.78. The summed E-state index contributed by atoms with van der Waals surface area (Å²) in [4.78, 5) is 5.86. The van der Waals surface area contributed by atoms with E-state index in [9.17, 15) is 0 Å². The summed E-state index contributed by atoms with van der Waals surface area (Å²) in [6.45, 7) is 8.38. The molecule has 102 valence electrons. The molecule has 0 bridgehead atoms. The van der Waals surface area contributed by atoms with Gasteiger partial charge in [0.1, 0.15) is 0 Å². The summed E-state index contributed by atoms with van der Waals surface area (Å²) < 4.78 is 5.74. The molecule has 1 aromatic rings. The van der Waals surface area contributed by atoms with Crippen LogP contribution in [0.4, 0.5) is 0 Å². The standard InChI is InChI=1S/C14H24N2OS/c1-10(14-11(2)16-12(3)18-14)15-8-7-13-6-4-5-9-17-13/h10,13,15H,4-9H2,1-3H3. The first-order valence-corrected chi connectivity index (χ1v) is 7.77. The highest BCUT2D eigenvalue weighted by Gasteiger charge is 2.15. The molecule has 2 atom stereocenters. The lowest BCUT2D eigenvalue weighted by Gasteiger charge is -2.23. The predicted octanol–water partition coefficient (Wildman–Crippen LogP) is 3.37. The van der Waals surface area contributed by atoms with Crippen LogP contribution >= 0.6 is 11.3 Å². The zero-order valence-electron chi connectivity index (χ0n) is 11.7. The third kappa shape index (κ3) is 3.77. The number of hydrogen-bond donors (Lipinski definition) is 1. The topological polar surface area (TPSA) is 34.2 Å². The maximum Gasteiger partial charge on any atom is 0.0900 e. The van der Waals surface area contributed by atoms with E-state index in [1.54, 1.807) is 11.3 Å². The SMILES string of the molecule is Cc1nc(C)c(C(C)NCCC2CCCCO2)s1. The number of aryl methyl sites for hydroxylation is 2. The minimum atomic E-state index is 0.403. The Morgan fingerprint density at radius 2 is 2.28 bits per heavy atom. The van der Waals surface area contributed by atoms with Crippen LogP contribution in [0.5, 0.6) is 0 Å². The first kappa shape index (κ1) is 14.0. The van der Waals surface area contributed by atoms with E-state index in [1.165, 1.54) is 29.8 Å². The molecule has 2 heterocycles. The minimum Gasteiger partial charge on any atom is -0.378 e.